The highest BCUT2D eigenvalue weighted by Gasteiger charge is 2.18. The van der Waals surface area contributed by atoms with Gasteiger partial charge in [0.05, 0.1) is 0 Å². The Morgan fingerprint density at radius 2 is 0.655 bits per heavy atom. The third-order valence-corrected chi connectivity index (χ3v) is 10.9. The fraction of sp³-hybridized carbons (Fsp3) is 0. The molecule has 0 spiro atoms. The highest BCUT2D eigenvalue weighted by atomic mass is 16.3. The molecular formula is C56H39NO. The molecule has 10 aromatic rings. The van der Waals surface area contributed by atoms with Crippen LogP contribution in [-0.4, -0.2) is 0 Å². The first-order valence-corrected chi connectivity index (χ1v) is 19.7. The number of nitrogens with zero attached hydrogens (tertiary/aromatic N) is 1. The highest BCUT2D eigenvalue weighted by molar-refractivity contribution is 6.02. The molecule has 1 aromatic heterocycles. The van der Waals surface area contributed by atoms with E-state index in [1.54, 1.807) is 0 Å². The first-order chi connectivity index (χ1) is 28.7. The molecular weight excluding hydrogens is 703 g/mol. The van der Waals surface area contributed by atoms with Crippen LogP contribution in [0.4, 0.5) is 17.1 Å². The number of para-hydroxylation sites is 1. The second-order valence-electron chi connectivity index (χ2n) is 14.5. The summed E-state index contributed by atoms with van der Waals surface area (Å²) in [6.07, 6.45) is 0. The molecule has 1 heterocycles. The van der Waals surface area contributed by atoms with Crippen molar-refractivity contribution in [1.82, 2.24) is 0 Å². The molecule has 9 aromatic carbocycles. The topological polar surface area (TPSA) is 16.4 Å². The van der Waals surface area contributed by atoms with E-state index >= 15 is 0 Å². The molecule has 2 heteroatoms. The first kappa shape index (κ1) is 34.8. The smallest absolute Gasteiger partial charge is 0.143 e. The number of anilines is 3. The molecule has 2 nitrogen and oxygen atoms in total. The van der Waals surface area contributed by atoms with E-state index in [0.717, 1.165) is 67.2 Å². The molecule has 0 N–H and O–H groups in total. The summed E-state index contributed by atoms with van der Waals surface area (Å²) in [6.45, 7) is 0. The zero-order valence-corrected chi connectivity index (χ0v) is 31.9. The third kappa shape index (κ3) is 6.89. The van der Waals surface area contributed by atoms with Crippen LogP contribution < -0.4 is 4.90 Å². The normalized spacial score (nSPS) is 11.1. The molecule has 0 unspecified atom stereocenters. The van der Waals surface area contributed by atoms with Crippen LogP contribution in [0, 0.1) is 0 Å². The van der Waals surface area contributed by atoms with Crippen molar-refractivity contribution in [3.8, 4) is 67.0 Å². The average molecular weight is 742 g/mol. The van der Waals surface area contributed by atoms with Crippen molar-refractivity contribution in [2.75, 3.05) is 4.90 Å². The second-order valence-corrected chi connectivity index (χ2v) is 14.5. The Bertz CT molecular complexity index is 2950. The van der Waals surface area contributed by atoms with Crippen LogP contribution in [0.3, 0.4) is 0 Å². The molecule has 0 aliphatic carbocycles. The SMILES string of the molecule is c1ccc(-c2ccc(N(c3ccc(-c4ccc(-c5cccc(-c6oc7ccccc7c6-c6ccccc6)c5)cc4)cc3)c3cccc(-c4ccccc4)c3)cc2)cc1. The van der Waals surface area contributed by atoms with Gasteiger partial charge in [-0.2, -0.15) is 0 Å². The van der Waals surface area contributed by atoms with E-state index in [-0.39, 0.29) is 0 Å². The monoisotopic (exact) mass is 741 g/mol. The maximum atomic E-state index is 6.54. The predicted octanol–water partition coefficient (Wildman–Crippen LogP) is 15.9. The van der Waals surface area contributed by atoms with Gasteiger partial charge >= 0.3 is 0 Å². The summed E-state index contributed by atoms with van der Waals surface area (Å²) < 4.78 is 6.54. The van der Waals surface area contributed by atoms with E-state index in [1.807, 2.05) is 12.1 Å². The van der Waals surface area contributed by atoms with E-state index in [9.17, 15) is 0 Å². The lowest BCUT2D eigenvalue weighted by molar-refractivity contribution is 0.632. The summed E-state index contributed by atoms with van der Waals surface area (Å²) in [5, 5.41) is 1.12. The summed E-state index contributed by atoms with van der Waals surface area (Å²) in [4.78, 5) is 2.34. The minimum absolute atomic E-state index is 0.888. The van der Waals surface area contributed by atoms with Gasteiger partial charge in [0.25, 0.3) is 0 Å². The van der Waals surface area contributed by atoms with E-state index in [1.165, 1.54) is 27.8 Å². The van der Waals surface area contributed by atoms with E-state index < -0.39 is 0 Å². The Morgan fingerprint density at radius 3 is 1.24 bits per heavy atom. The van der Waals surface area contributed by atoms with Crippen LogP contribution in [-0.2, 0) is 0 Å². The fourth-order valence-electron chi connectivity index (χ4n) is 7.97. The molecule has 0 bridgehead atoms. The maximum Gasteiger partial charge on any atom is 0.143 e. The zero-order valence-electron chi connectivity index (χ0n) is 31.9. The van der Waals surface area contributed by atoms with Crippen LogP contribution in [0.2, 0.25) is 0 Å². The van der Waals surface area contributed by atoms with Gasteiger partial charge in [-0.25, -0.2) is 0 Å². The third-order valence-electron chi connectivity index (χ3n) is 10.9. The standard InChI is InChI=1S/C56H39NO/c1-4-14-40(15-5-1)43-30-34-50(35-31-43)57(52-23-13-21-48(39-52)41-16-6-2-7-17-41)51-36-32-44(33-37-51)42-26-28-45(29-27-42)47-20-12-22-49(38-47)56-55(46-18-8-3-9-19-46)53-24-10-11-25-54(53)58-56/h1-39H. The van der Waals surface area contributed by atoms with Gasteiger partial charge in [0.2, 0.25) is 0 Å². The minimum atomic E-state index is 0.888. The summed E-state index contributed by atoms with van der Waals surface area (Å²) >= 11 is 0. The van der Waals surface area contributed by atoms with Crippen molar-refractivity contribution in [2.24, 2.45) is 0 Å². The van der Waals surface area contributed by atoms with Crippen LogP contribution in [0.1, 0.15) is 0 Å². The van der Waals surface area contributed by atoms with E-state index in [4.69, 9.17) is 4.42 Å². The van der Waals surface area contributed by atoms with Crippen LogP contribution >= 0.6 is 0 Å². The van der Waals surface area contributed by atoms with Crippen molar-refractivity contribution < 1.29 is 4.42 Å². The number of rotatable bonds is 9. The molecule has 0 amide bonds. The van der Waals surface area contributed by atoms with Gasteiger partial charge in [0.15, 0.2) is 0 Å². The summed E-state index contributed by atoms with van der Waals surface area (Å²) in [6, 6.07) is 84.0. The highest BCUT2D eigenvalue weighted by Crippen LogP contribution is 2.42. The Kier molecular flexibility index (Phi) is 9.27. The van der Waals surface area contributed by atoms with Crippen LogP contribution in [0.5, 0.6) is 0 Å². The van der Waals surface area contributed by atoms with Gasteiger partial charge in [-0.1, -0.05) is 188 Å². The molecule has 274 valence electrons. The van der Waals surface area contributed by atoms with Gasteiger partial charge < -0.3 is 9.32 Å². The summed E-state index contributed by atoms with van der Waals surface area (Å²) in [5.74, 6) is 0.888. The molecule has 0 aliphatic heterocycles. The van der Waals surface area contributed by atoms with Gasteiger partial charge in [-0.05, 0) is 98.6 Å². The lowest BCUT2D eigenvalue weighted by Crippen LogP contribution is -2.10. The van der Waals surface area contributed by atoms with Gasteiger partial charge in [-0.3, -0.25) is 0 Å². The van der Waals surface area contributed by atoms with Gasteiger partial charge in [0.1, 0.15) is 11.3 Å². The Morgan fingerprint density at radius 1 is 0.259 bits per heavy atom. The summed E-state index contributed by atoms with van der Waals surface area (Å²) in [7, 11) is 0. The fourth-order valence-corrected chi connectivity index (χ4v) is 7.97. The first-order valence-electron chi connectivity index (χ1n) is 19.7. The molecule has 58 heavy (non-hydrogen) atoms. The average Bonchev–Trinajstić information content (AvgIpc) is 3.71. The summed E-state index contributed by atoms with van der Waals surface area (Å²) in [5.41, 5.74) is 16.9. The molecule has 0 radical (unpaired) electrons. The van der Waals surface area contributed by atoms with Crippen LogP contribution in [0.25, 0.3) is 77.9 Å². The number of hydrogen-bond donors (Lipinski definition) is 0. The van der Waals surface area contributed by atoms with Crippen molar-refractivity contribution in [2.45, 2.75) is 0 Å². The quantitative estimate of drug-likeness (QED) is 0.146. The molecule has 0 saturated heterocycles. The molecule has 0 atom stereocenters. The zero-order chi connectivity index (χ0) is 38.7. The molecule has 0 aliphatic rings. The van der Waals surface area contributed by atoms with E-state index in [0.29, 0.717) is 0 Å². The number of hydrogen-bond acceptors (Lipinski definition) is 2. The number of fused-ring (bicyclic) bond motifs is 1. The maximum absolute atomic E-state index is 6.54. The Labute approximate surface area is 339 Å². The lowest BCUT2D eigenvalue weighted by Gasteiger charge is -2.26. The Hall–Kier alpha value is -7.68. The van der Waals surface area contributed by atoms with Crippen molar-refractivity contribution in [3.05, 3.63) is 237 Å². The molecule has 0 fully saturated rings. The molecule has 0 saturated carbocycles. The number of furan rings is 1. The second kappa shape index (κ2) is 15.5. The van der Waals surface area contributed by atoms with Crippen LogP contribution in [0.15, 0.2) is 241 Å². The van der Waals surface area contributed by atoms with Gasteiger partial charge in [0, 0.05) is 33.6 Å². The lowest BCUT2D eigenvalue weighted by atomic mass is 9.95. The van der Waals surface area contributed by atoms with Crippen molar-refractivity contribution in [1.29, 1.82) is 0 Å². The predicted molar refractivity (Wildman–Crippen MR) is 244 cm³/mol. The largest absolute Gasteiger partial charge is 0.455 e. The minimum Gasteiger partial charge on any atom is -0.455 e. The van der Waals surface area contributed by atoms with E-state index in [2.05, 4.69) is 229 Å². The van der Waals surface area contributed by atoms with Crippen molar-refractivity contribution in [3.63, 3.8) is 0 Å². The molecule has 10 rings (SSSR count). The van der Waals surface area contributed by atoms with Gasteiger partial charge in [-0.15, -0.1) is 0 Å². The number of benzene rings is 9. The Balaban J connectivity index is 0.957. The van der Waals surface area contributed by atoms with Crippen molar-refractivity contribution >= 4 is 28.0 Å².